The lowest BCUT2D eigenvalue weighted by Gasteiger charge is -2.22. The Labute approximate surface area is 140 Å². The number of carboxylic acids is 1. The molecule has 0 bridgehead atoms. The summed E-state index contributed by atoms with van der Waals surface area (Å²) in [4.78, 5) is 29.1. The predicted octanol–water partition coefficient (Wildman–Crippen LogP) is 2.07. The summed E-state index contributed by atoms with van der Waals surface area (Å²) in [5, 5.41) is 13.3. The summed E-state index contributed by atoms with van der Waals surface area (Å²) >= 11 is 0. The van der Waals surface area contributed by atoms with Gasteiger partial charge in [0.05, 0.1) is 11.3 Å². The summed E-state index contributed by atoms with van der Waals surface area (Å²) in [5.74, 6) is -0.573. The summed E-state index contributed by atoms with van der Waals surface area (Å²) in [6.45, 7) is 7.76. The minimum Gasteiger partial charge on any atom is -0.480 e. The number of rotatable bonds is 6. The zero-order valence-corrected chi connectivity index (χ0v) is 14.4. The van der Waals surface area contributed by atoms with E-state index in [0.717, 1.165) is 11.4 Å². The number of carbonyl (C=O) groups is 2. The fraction of sp³-hybridized carbons (Fsp3) is 0.412. The highest BCUT2D eigenvalue weighted by Gasteiger charge is 2.20. The fourth-order valence-corrected chi connectivity index (χ4v) is 2.50. The Bertz CT molecular complexity index is 735. The van der Waals surface area contributed by atoms with E-state index in [0.29, 0.717) is 17.9 Å². The highest BCUT2D eigenvalue weighted by molar-refractivity contribution is 5.95. The number of carboxylic acid groups (broad SMARTS) is 1. The Balaban J connectivity index is 2.23. The summed E-state index contributed by atoms with van der Waals surface area (Å²) in [5.41, 5.74) is 2.20. The molecule has 2 heterocycles. The molecule has 0 saturated heterocycles. The van der Waals surface area contributed by atoms with Crippen molar-refractivity contribution in [3.63, 3.8) is 0 Å². The third kappa shape index (κ3) is 4.18. The van der Waals surface area contributed by atoms with Crippen molar-refractivity contribution in [2.75, 3.05) is 13.1 Å². The van der Waals surface area contributed by atoms with Crippen LogP contribution in [0, 0.1) is 19.8 Å². The number of carbonyl (C=O) groups excluding carboxylic acids is 1. The van der Waals surface area contributed by atoms with Gasteiger partial charge in [0, 0.05) is 18.4 Å². The molecule has 2 aromatic rings. The first-order chi connectivity index (χ1) is 11.3. The molecule has 2 aromatic heterocycles. The number of aryl methyl sites for hydroxylation is 2. The monoisotopic (exact) mass is 330 g/mol. The maximum Gasteiger partial charge on any atom is 0.323 e. The normalized spacial score (nSPS) is 10.9. The number of pyridine rings is 1. The third-order valence-electron chi connectivity index (χ3n) is 3.42. The molecule has 0 radical (unpaired) electrons. The Morgan fingerprint density at radius 3 is 2.46 bits per heavy atom. The van der Waals surface area contributed by atoms with Crippen LogP contribution in [0.3, 0.4) is 0 Å². The van der Waals surface area contributed by atoms with Crippen LogP contribution < -0.4 is 0 Å². The van der Waals surface area contributed by atoms with Crippen molar-refractivity contribution in [2.45, 2.75) is 27.7 Å². The Hall–Kier alpha value is -2.70. The van der Waals surface area contributed by atoms with Crippen LogP contribution in [0.1, 0.15) is 35.6 Å². The van der Waals surface area contributed by atoms with Crippen molar-refractivity contribution >= 4 is 11.9 Å². The number of aliphatic carboxylic acids is 1. The lowest BCUT2D eigenvalue weighted by Crippen LogP contribution is -2.38. The minimum absolute atomic E-state index is 0.176. The zero-order chi connectivity index (χ0) is 17.9. The Morgan fingerprint density at radius 2 is 2.00 bits per heavy atom. The molecule has 128 valence electrons. The van der Waals surface area contributed by atoms with Gasteiger partial charge in [0.15, 0.2) is 5.82 Å². The van der Waals surface area contributed by atoms with Crippen molar-refractivity contribution in [1.29, 1.82) is 0 Å². The van der Waals surface area contributed by atoms with E-state index in [2.05, 4.69) is 10.1 Å². The lowest BCUT2D eigenvalue weighted by atomic mass is 10.1. The summed E-state index contributed by atoms with van der Waals surface area (Å²) in [6.07, 6.45) is 1.46. The van der Waals surface area contributed by atoms with Crippen LogP contribution in [0.25, 0.3) is 5.82 Å². The Kier molecular flexibility index (Phi) is 5.33. The number of hydrogen-bond acceptors (Lipinski definition) is 4. The molecule has 1 N–H and O–H groups in total. The molecule has 0 aliphatic heterocycles. The van der Waals surface area contributed by atoms with E-state index in [1.807, 2.05) is 33.8 Å². The van der Waals surface area contributed by atoms with Gasteiger partial charge in [-0.25, -0.2) is 9.67 Å². The molecule has 7 heteroatoms. The van der Waals surface area contributed by atoms with Crippen LogP contribution in [0.15, 0.2) is 24.4 Å². The maximum atomic E-state index is 12.5. The van der Waals surface area contributed by atoms with Crippen LogP contribution in [0.2, 0.25) is 0 Å². The van der Waals surface area contributed by atoms with Gasteiger partial charge < -0.3 is 10.0 Å². The van der Waals surface area contributed by atoms with Gasteiger partial charge >= 0.3 is 5.97 Å². The molecule has 0 aliphatic carbocycles. The number of nitrogens with zero attached hydrogens (tertiary/aromatic N) is 4. The quantitative estimate of drug-likeness (QED) is 0.876. The lowest BCUT2D eigenvalue weighted by molar-refractivity contribution is -0.137. The van der Waals surface area contributed by atoms with E-state index in [9.17, 15) is 9.59 Å². The second-order valence-electron chi connectivity index (χ2n) is 6.22. The van der Waals surface area contributed by atoms with Crippen molar-refractivity contribution in [3.8, 4) is 5.82 Å². The van der Waals surface area contributed by atoms with Crippen molar-refractivity contribution < 1.29 is 14.7 Å². The SMILES string of the molecule is Cc1cc(C)n(-c2ccc(C(=O)N(CC(=O)O)CC(C)C)cn2)n1. The molecular formula is C17H22N4O3. The molecule has 0 atom stereocenters. The van der Waals surface area contributed by atoms with E-state index in [4.69, 9.17) is 5.11 Å². The summed E-state index contributed by atoms with van der Waals surface area (Å²) in [6, 6.07) is 5.30. The van der Waals surface area contributed by atoms with Gasteiger partial charge in [0.1, 0.15) is 6.54 Å². The largest absolute Gasteiger partial charge is 0.480 e. The Morgan fingerprint density at radius 1 is 1.29 bits per heavy atom. The molecule has 0 fully saturated rings. The zero-order valence-electron chi connectivity index (χ0n) is 14.4. The predicted molar refractivity (Wildman–Crippen MR) is 89.2 cm³/mol. The molecule has 1 amide bonds. The number of aromatic nitrogens is 3. The van der Waals surface area contributed by atoms with E-state index in [1.165, 1.54) is 11.1 Å². The van der Waals surface area contributed by atoms with E-state index >= 15 is 0 Å². The van der Waals surface area contributed by atoms with E-state index in [1.54, 1.807) is 16.8 Å². The third-order valence-corrected chi connectivity index (χ3v) is 3.42. The summed E-state index contributed by atoms with van der Waals surface area (Å²) < 4.78 is 1.70. The first-order valence-electron chi connectivity index (χ1n) is 7.78. The van der Waals surface area contributed by atoms with Gasteiger partial charge in [-0.15, -0.1) is 0 Å². The average Bonchev–Trinajstić information content (AvgIpc) is 2.84. The van der Waals surface area contributed by atoms with Crippen LogP contribution in [-0.4, -0.2) is 49.7 Å². The van der Waals surface area contributed by atoms with Crippen LogP contribution >= 0.6 is 0 Å². The topological polar surface area (TPSA) is 88.3 Å². The number of hydrogen-bond donors (Lipinski definition) is 1. The van der Waals surface area contributed by atoms with Crippen LogP contribution in [0.4, 0.5) is 0 Å². The van der Waals surface area contributed by atoms with Gasteiger partial charge in [0.25, 0.3) is 5.91 Å². The van der Waals surface area contributed by atoms with Gasteiger partial charge in [-0.3, -0.25) is 9.59 Å². The highest BCUT2D eigenvalue weighted by Crippen LogP contribution is 2.12. The molecule has 0 spiro atoms. The van der Waals surface area contributed by atoms with E-state index < -0.39 is 5.97 Å². The molecule has 24 heavy (non-hydrogen) atoms. The van der Waals surface area contributed by atoms with Crippen LogP contribution in [0.5, 0.6) is 0 Å². The second-order valence-corrected chi connectivity index (χ2v) is 6.22. The van der Waals surface area contributed by atoms with Gasteiger partial charge in [0.2, 0.25) is 0 Å². The van der Waals surface area contributed by atoms with Gasteiger partial charge in [-0.05, 0) is 38.0 Å². The van der Waals surface area contributed by atoms with Crippen LogP contribution in [-0.2, 0) is 4.79 Å². The minimum atomic E-state index is -1.03. The van der Waals surface area contributed by atoms with Gasteiger partial charge in [-0.2, -0.15) is 5.10 Å². The van der Waals surface area contributed by atoms with E-state index in [-0.39, 0.29) is 18.4 Å². The number of amides is 1. The summed E-state index contributed by atoms with van der Waals surface area (Å²) in [7, 11) is 0. The maximum absolute atomic E-state index is 12.5. The average molecular weight is 330 g/mol. The second kappa shape index (κ2) is 7.25. The standard InChI is InChI=1S/C17H22N4O3/c1-11(2)9-20(10-16(22)23)17(24)14-5-6-15(18-8-14)21-13(4)7-12(3)19-21/h5-8,11H,9-10H2,1-4H3,(H,22,23). The molecule has 7 nitrogen and oxygen atoms in total. The van der Waals surface area contributed by atoms with Crippen molar-refractivity contribution in [1.82, 2.24) is 19.7 Å². The van der Waals surface area contributed by atoms with Crippen molar-refractivity contribution in [3.05, 3.63) is 41.3 Å². The molecule has 0 saturated carbocycles. The molecular weight excluding hydrogens is 308 g/mol. The molecule has 2 rings (SSSR count). The molecule has 0 aromatic carbocycles. The fourth-order valence-electron chi connectivity index (χ4n) is 2.50. The molecule has 0 aliphatic rings. The first-order valence-corrected chi connectivity index (χ1v) is 7.78. The smallest absolute Gasteiger partial charge is 0.323 e. The molecule has 0 unspecified atom stereocenters. The highest BCUT2D eigenvalue weighted by atomic mass is 16.4. The van der Waals surface area contributed by atoms with Crippen molar-refractivity contribution in [2.24, 2.45) is 5.92 Å². The first kappa shape index (κ1) is 17.7. The van der Waals surface area contributed by atoms with Gasteiger partial charge in [-0.1, -0.05) is 13.8 Å².